The second-order valence-corrected chi connectivity index (χ2v) is 6.97. The van der Waals surface area contributed by atoms with Gasteiger partial charge in [0, 0.05) is 12.1 Å². The summed E-state index contributed by atoms with van der Waals surface area (Å²) in [6, 6.07) is 15.4. The van der Waals surface area contributed by atoms with E-state index in [1.165, 1.54) is 0 Å². The Labute approximate surface area is 165 Å². The number of aryl methyl sites for hydroxylation is 1. The molecule has 28 heavy (non-hydrogen) atoms. The first-order chi connectivity index (χ1) is 13.5. The number of hydrogen-bond donors (Lipinski definition) is 2. The quantitative estimate of drug-likeness (QED) is 0.232. The number of unbranched alkanes of at least 4 members (excludes halogenated alkanes) is 6. The predicted octanol–water partition coefficient (Wildman–Crippen LogP) is 6.99. The third-order valence-electron chi connectivity index (χ3n) is 4.63. The van der Waals surface area contributed by atoms with Crippen LogP contribution in [0.25, 0.3) is 0 Å². The maximum absolute atomic E-state index is 12.1. The van der Waals surface area contributed by atoms with Crippen molar-refractivity contribution in [3.05, 3.63) is 54.1 Å². The van der Waals surface area contributed by atoms with E-state index in [9.17, 15) is 13.2 Å². The third-order valence-corrected chi connectivity index (χ3v) is 4.63. The molecule has 2 rings (SSSR count). The van der Waals surface area contributed by atoms with Gasteiger partial charge in [-0.25, -0.2) is 0 Å². The average Bonchev–Trinajstić information content (AvgIpc) is 2.67. The van der Waals surface area contributed by atoms with Crippen LogP contribution < -0.4 is 16.0 Å². The number of rotatable bonds is 12. The fraction of sp³-hybridized carbons (Fsp3) is 0.455. The van der Waals surface area contributed by atoms with Crippen LogP contribution in [0.5, 0.6) is 11.5 Å². The molecule has 0 spiro atoms. The average molecular weight is 394 g/mol. The number of anilines is 1. The van der Waals surface area contributed by atoms with Crippen LogP contribution in [-0.2, 0) is 6.42 Å². The third kappa shape index (κ3) is 8.65. The van der Waals surface area contributed by atoms with Crippen molar-refractivity contribution >= 4 is 5.69 Å². The summed E-state index contributed by atoms with van der Waals surface area (Å²) < 4.78 is 42.2. The van der Waals surface area contributed by atoms with Crippen molar-refractivity contribution in [1.29, 1.82) is 0 Å². The van der Waals surface area contributed by atoms with Crippen LogP contribution in [0.1, 0.15) is 56.9 Å². The first kappa shape index (κ1) is 22.1. The molecule has 0 aliphatic heterocycles. The number of hydrazine groups is 1. The lowest BCUT2D eigenvalue weighted by molar-refractivity contribution is -0.135. The molecular weight excluding hydrogens is 365 g/mol. The highest BCUT2D eigenvalue weighted by atomic mass is 19.4. The van der Waals surface area contributed by atoms with Crippen LogP contribution in [0.4, 0.5) is 18.9 Å². The molecular formula is C22H29F3N2O. The van der Waals surface area contributed by atoms with Crippen LogP contribution in [0.3, 0.4) is 0 Å². The molecule has 0 aliphatic rings. The Morgan fingerprint density at radius 3 is 2.04 bits per heavy atom. The molecule has 0 aliphatic carbocycles. The standard InChI is InChI=1S/C22H29F3N2O/c23-22(24,25)17-9-5-3-1-2-4-6-10-18-11-7-8-12-21(18)28-20-15-13-19(27-26)14-16-20/h7-8,11-16,27H,1-6,9-10,17,26H2. The molecule has 0 heterocycles. The SMILES string of the molecule is NNc1ccc(Oc2ccccc2CCCCCCCCCC(F)(F)F)cc1. The first-order valence-corrected chi connectivity index (χ1v) is 9.87. The number of benzene rings is 2. The Balaban J connectivity index is 1.67. The lowest BCUT2D eigenvalue weighted by Gasteiger charge is -2.11. The summed E-state index contributed by atoms with van der Waals surface area (Å²) in [6.07, 6.45) is 2.21. The van der Waals surface area contributed by atoms with E-state index in [2.05, 4.69) is 11.5 Å². The topological polar surface area (TPSA) is 47.3 Å². The van der Waals surface area contributed by atoms with Gasteiger partial charge >= 0.3 is 6.18 Å². The monoisotopic (exact) mass is 394 g/mol. The summed E-state index contributed by atoms with van der Waals surface area (Å²) in [5, 5.41) is 0. The number of halogens is 3. The van der Waals surface area contributed by atoms with Crippen molar-refractivity contribution in [1.82, 2.24) is 0 Å². The van der Waals surface area contributed by atoms with Gasteiger partial charge in [-0.15, -0.1) is 0 Å². The Kier molecular flexibility index (Phi) is 9.14. The zero-order valence-corrected chi connectivity index (χ0v) is 16.1. The molecule has 2 aromatic carbocycles. The van der Waals surface area contributed by atoms with E-state index in [0.717, 1.165) is 61.3 Å². The molecule has 0 atom stereocenters. The molecule has 3 nitrogen and oxygen atoms in total. The van der Waals surface area contributed by atoms with Crippen LogP contribution in [-0.4, -0.2) is 6.18 Å². The van der Waals surface area contributed by atoms with E-state index in [1.54, 1.807) is 0 Å². The smallest absolute Gasteiger partial charge is 0.389 e. The number of hydrogen-bond acceptors (Lipinski definition) is 3. The number of para-hydroxylation sites is 1. The van der Waals surface area contributed by atoms with Crippen molar-refractivity contribution in [2.75, 3.05) is 5.43 Å². The summed E-state index contributed by atoms with van der Waals surface area (Å²) in [5.74, 6) is 6.98. The molecule has 3 N–H and O–H groups in total. The molecule has 0 fully saturated rings. The van der Waals surface area contributed by atoms with Gasteiger partial charge < -0.3 is 10.2 Å². The Morgan fingerprint density at radius 1 is 0.786 bits per heavy atom. The molecule has 0 amide bonds. The van der Waals surface area contributed by atoms with Gasteiger partial charge in [0.05, 0.1) is 0 Å². The van der Waals surface area contributed by atoms with E-state index < -0.39 is 12.6 Å². The van der Waals surface area contributed by atoms with Gasteiger partial charge in [0.25, 0.3) is 0 Å². The normalized spacial score (nSPS) is 11.4. The van der Waals surface area contributed by atoms with Gasteiger partial charge in [-0.1, -0.05) is 50.3 Å². The molecule has 0 saturated carbocycles. The number of alkyl halides is 3. The van der Waals surface area contributed by atoms with Crippen molar-refractivity contribution < 1.29 is 17.9 Å². The highest BCUT2D eigenvalue weighted by Crippen LogP contribution is 2.28. The highest BCUT2D eigenvalue weighted by molar-refractivity contribution is 5.46. The van der Waals surface area contributed by atoms with E-state index in [-0.39, 0.29) is 6.42 Å². The van der Waals surface area contributed by atoms with E-state index in [1.807, 2.05) is 42.5 Å². The van der Waals surface area contributed by atoms with Gasteiger partial charge in [0.1, 0.15) is 11.5 Å². The van der Waals surface area contributed by atoms with E-state index >= 15 is 0 Å². The summed E-state index contributed by atoms with van der Waals surface area (Å²) in [6.45, 7) is 0. The van der Waals surface area contributed by atoms with Gasteiger partial charge in [-0.3, -0.25) is 5.84 Å². The lowest BCUT2D eigenvalue weighted by Crippen LogP contribution is -2.06. The van der Waals surface area contributed by atoms with Gasteiger partial charge in [-0.05, 0) is 55.2 Å². The van der Waals surface area contributed by atoms with Gasteiger partial charge in [-0.2, -0.15) is 13.2 Å². The lowest BCUT2D eigenvalue weighted by atomic mass is 10.0. The zero-order chi connectivity index (χ0) is 20.2. The molecule has 0 radical (unpaired) electrons. The minimum absolute atomic E-state index is 0.247. The van der Waals surface area contributed by atoms with Crippen LogP contribution in [0.2, 0.25) is 0 Å². The van der Waals surface area contributed by atoms with Gasteiger partial charge in [0.2, 0.25) is 0 Å². The minimum atomic E-state index is -4.02. The predicted molar refractivity (Wildman–Crippen MR) is 107 cm³/mol. The van der Waals surface area contributed by atoms with E-state index in [4.69, 9.17) is 10.6 Å². The molecule has 0 saturated heterocycles. The van der Waals surface area contributed by atoms with Crippen molar-refractivity contribution in [3.8, 4) is 11.5 Å². The molecule has 0 bridgehead atoms. The van der Waals surface area contributed by atoms with Crippen molar-refractivity contribution in [2.24, 2.45) is 5.84 Å². The van der Waals surface area contributed by atoms with Crippen LogP contribution >= 0.6 is 0 Å². The second kappa shape index (κ2) is 11.6. The summed E-state index contributed by atoms with van der Waals surface area (Å²) in [7, 11) is 0. The largest absolute Gasteiger partial charge is 0.457 e. The maximum atomic E-state index is 12.1. The molecule has 0 aromatic heterocycles. The summed E-state index contributed by atoms with van der Waals surface area (Å²) in [5.41, 5.74) is 4.57. The van der Waals surface area contributed by atoms with Crippen LogP contribution in [0, 0.1) is 0 Å². The molecule has 154 valence electrons. The fourth-order valence-electron chi connectivity index (χ4n) is 3.08. The fourth-order valence-corrected chi connectivity index (χ4v) is 3.08. The Hall–Kier alpha value is -2.21. The first-order valence-electron chi connectivity index (χ1n) is 9.87. The number of nitrogen functional groups attached to an aromatic ring is 1. The van der Waals surface area contributed by atoms with Crippen molar-refractivity contribution in [2.45, 2.75) is 64.0 Å². The molecule has 2 aromatic rings. The van der Waals surface area contributed by atoms with Crippen LogP contribution in [0.15, 0.2) is 48.5 Å². The number of nitrogens with two attached hydrogens (primary N) is 1. The zero-order valence-electron chi connectivity index (χ0n) is 16.1. The maximum Gasteiger partial charge on any atom is 0.389 e. The minimum Gasteiger partial charge on any atom is -0.457 e. The molecule has 6 heteroatoms. The highest BCUT2D eigenvalue weighted by Gasteiger charge is 2.25. The second-order valence-electron chi connectivity index (χ2n) is 6.97. The Bertz CT molecular complexity index is 687. The number of nitrogens with one attached hydrogen (secondary N) is 1. The number of ether oxygens (including phenoxy) is 1. The van der Waals surface area contributed by atoms with Crippen molar-refractivity contribution in [3.63, 3.8) is 0 Å². The Morgan fingerprint density at radius 2 is 1.39 bits per heavy atom. The van der Waals surface area contributed by atoms with E-state index in [0.29, 0.717) is 6.42 Å². The summed E-state index contributed by atoms with van der Waals surface area (Å²) >= 11 is 0. The summed E-state index contributed by atoms with van der Waals surface area (Å²) in [4.78, 5) is 0. The van der Waals surface area contributed by atoms with Gasteiger partial charge in [0.15, 0.2) is 0 Å². The molecule has 0 unspecified atom stereocenters.